The van der Waals surface area contributed by atoms with Crippen LogP contribution in [0, 0.1) is 10.1 Å². The van der Waals surface area contributed by atoms with Crippen molar-refractivity contribution >= 4 is 17.7 Å². The van der Waals surface area contributed by atoms with Crippen LogP contribution < -0.4 is 5.32 Å². The van der Waals surface area contributed by atoms with Gasteiger partial charge in [0.15, 0.2) is 0 Å². The van der Waals surface area contributed by atoms with E-state index in [1.54, 1.807) is 4.90 Å². The quantitative estimate of drug-likeness (QED) is 0.465. The normalized spacial score (nSPS) is 21.2. The Morgan fingerprint density at radius 1 is 1.48 bits per heavy atom. The molecule has 1 amide bonds. The first-order valence-electron chi connectivity index (χ1n) is 7.85. The van der Waals surface area contributed by atoms with Crippen LogP contribution in [-0.4, -0.2) is 47.8 Å². The molecule has 0 saturated heterocycles. The summed E-state index contributed by atoms with van der Waals surface area (Å²) in [4.78, 5) is 24.2. The van der Waals surface area contributed by atoms with Crippen molar-refractivity contribution in [2.75, 3.05) is 20.2 Å². The number of hydrogen-bond donors (Lipinski definition) is 1. The van der Waals surface area contributed by atoms with Gasteiger partial charge in [0.1, 0.15) is 5.60 Å². The topological polar surface area (TPSA) is 93.9 Å². The third-order valence-corrected chi connectivity index (χ3v) is 4.05. The molecule has 2 rings (SSSR count). The predicted molar refractivity (Wildman–Crippen MR) is 92.4 cm³/mol. The van der Waals surface area contributed by atoms with E-state index in [1.165, 1.54) is 13.2 Å². The maximum atomic E-state index is 12.1. The van der Waals surface area contributed by atoms with Gasteiger partial charge in [-0.05, 0) is 32.8 Å². The maximum Gasteiger partial charge on any atom is 0.410 e. The molecule has 0 aliphatic carbocycles. The highest BCUT2D eigenvalue weighted by Gasteiger charge is 2.33. The molecule has 1 atom stereocenters. The molecule has 9 heteroatoms. The van der Waals surface area contributed by atoms with Crippen LogP contribution in [0.4, 0.5) is 4.79 Å². The summed E-state index contributed by atoms with van der Waals surface area (Å²) in [7, 11) is 1.36. The number of nitro groups is 1. The van der Waals surface area contributed by atoms with Gasteiger partial charge in [0, 0.05) is 19.2 Å². The summed E-state index contributed by atoms with van der Waals surface area (Å²) >= 11 is 6.22. The van der Waals surface area contributed by atoms with E-state index in [-0.39, 0.29) is 17.7 Å². The molecule has 8 nitrogen and oxygen atoms in total. The van der Waals surface area contributed by atoms with Crippen LogP contribution in [0.2, 0.25) is 0 Å². The van der Waals surface area contributed by atoms with Gasteiger partial charge in [-0.1, -0.05) is 17.7 Å². The van der Waals surface area contributed by atoms with Crippen LogP contribution >= 0.6 is 11.6 Å². The number of rotatable bonds is 3. The first kappa shape index (κ1) is 19.1. The number of nitrogens with zero attached hydrogens (tertiary/aromatic N) is 2. The Labute approximate surface area is 151 Å². The SMILES string of the molecule is COC1=C([N+](=O)[O-])C=C(Cl)C(C2=CCN(C(=O)OC(C)(C)C)CC2)N1. The van der Waals surface area contributed by atoms with Gasteiger partial charge in [-0.25, -0.2) is 4.79 Å². The van der Waals surface area contributed by atoms with Crippen LogP contribution in [0.1, 0.15) is 27.2 Å². The minimum absolute atomic E-state index is 0.0647. The first-order valence-corrected chi connectivity index (χ1v) is 8.23. The average molecular weight is 372 g/mol. The predicted octanol–water partition coefficient (Wildman–Crippen LogP) is 2.74. The zero-order valence-corrected chi connectivity index (χ0v) is 15.4. The van der Waals surface area contributed by atoms with Gasteiger partial charge in [0.05, 0.1) is 23.1 Å². The molecule has 0 aromatic heterocycles. The van der Waals surface area contributed by atoms with Crippen molar-refractivity contribution in [3.8, 4) is 0 Å². The minimum Gasteiger partial charge on any atom is -0.478 e. The maximum absolute atomic E-state index is 12.1. The molecule has 1 unspecified atom stereocenters. The number of dihydropyridines is 1. The molecule has 2 aliphatic heterocycles. The lowest BCUT2D eigenvalue weighted by Gasteiger charge is -2.32. The van der Waals surface area contributed by atoms with Gasteiger partial charge in [-0.3, -0.25) is 10.1 Å². The summed E-state index contributed by atoms with van der Waals surface area (Å²) in [5.41, 5.74) is 0.184. The summed E-state index contributed by atoms with van der Waals surface area (Å²) < 4.78 is 10.4. The molecular weight excluding hydrogens is 350 g/mol. The lowest BCUT2D eigenvalue weighted by molar-refractivity contribution is -0.422. The number of hydrogen-bond acceptors (Lipinski definition) is 6. The summed E-state index contributed by atoms with van der Waals surface area (Å²) in [5.74, 6) is 0.0647. The second kappa shape index (κ2) is 7.35. The number of amides is 1. The standard InChI is InChI=1S/C16H22ClN3O5/c1-16(2,3)25-15(21)19-7-5-10(6-8-19)13-11(17)9-12(20(22)23)14(18-13)24-4/h5,9,13,18H,6-8H2,1-4H3. The molecule has 0 aromatic rings. The number of ether oxygens (including phenoxy) is 2. The summed E-state index contributed by atoms with van der Waals surface area (Å²) in [5, 5.41) is 14.3. The minimum atomic E-state index is -0.552. The molecule has 1 N–H and O–H groups in total. The number of nitrogens with one attached hydrogen (secondary N) is 1. The molecule has 138 valence electrons. The molecule has 0 saturated carbocycles. The van der Waals surface area contributed by atoms with E-state index in [0.717, 1.165) is 5.57 Å². The zero-order valence-electron chi connectivity index (χ0n) is 14.7. The van der Waals surface area contributed by atoms with Crippen LogP contribution in [0.25, 0.3) is 0 Å². The van der Waals surface area contributed by atoms with E-state index in [0.29, 0.717) is 24.5 Å². The Kier molecular flexibility index (Phi) is 5.62. The van der Waals surface area contributed by atoms with E-state index in [4.69, 9.17) is 21.1 Å². The number of carbonyl (C=O) groups is 1. The van der Waals surface area contributed by atoms with Crippen molar-refractivity contribution in [1.29, 1.82) is 0 Å². The monoisotopic (exact) mass is 371 g/mol. The largest absolute Gasteiger partial charge is 0.478 e. The summed E-state index contributed by atoms with van der Waals surface area (Å²) in [6, 6.07) is -0.402. The molecular formula is C16H22ClN3O5. The molecule has 0 radical (unpaired) electrons. The molecule has 0 fully saturated rings. The summed E-state index contributed by atoms with van der Waals surface area (Å²) in [6.45, 7) is 6.33. The molecule has 25 heavy (non-hydrogen) atoms. The number of allylic oxidation sites excluding steroid dienone is 1. The van der Waals surface area contributed by atoms with Gasteiger partial charge in [-0.15, -0.1) is 0 Å². The van der Waals surface area contributed by atoms with Crippen molar-refractivity contribution in [3.63, 3.8) is 0 Å². The number of carbonyl (C=O) groups excluding carboxylic acids is 1. The van der Waals surface area contributed by atoms with E-state index in [9.17, 15) is 14.9 Å². The Bertz CT molecular complexity index is 663. The van der Waals surface area contributed by atoms with Gasteiger partial charge in [0.25, 0.3) is 5.88 Å². The third kappa shape index (κ3) is 4.66. The number of halogens is 1. The molecule has 0 spiro atoms. The lowest BCUT2D eigenvalue weighted by atomic mass is 9.98. The van der Waals surface area contributed by atoms with Gasteiger partial charge in [0.2, 0.25) is 0 Å². The summed E-state index contributed by atoms with van der Waals surface area (Å²) in [6.07, 6.45) is 3.38. The fraction of sp³-hybridized carbons (Fsp3) is 0.562. The van der Waals surface area contributed by atoms with Crippen molar-refractivity contribution in [1.82, 2.24) is 10.2 Å². The highest BCUT2D eigenvalue weighted by Crippen LogP contribution is 2.29. The lowest BCUT2D eigenvalue weighted by Crippen LogP contribution is -2.42. The van der Waals surface area contributed by atoms with Gasteiger partial charge >= 0.3 is 11.8 Å². The van der Waals surface area contributed by atoms with E-state index in [1.807, 2.05) is 26.8 Å². The molecule has 2 heterocycles. The Balaban J connectivity index is 2.09. The average Bonchev–Trinajstić information content (AvgIpc) is 2.53. The van der Waals surface area contributed by atoms with Crippen molar-refractivity contribution in [2.24, 2.45) is 0 Å². The fourth-order valence-corrected chi connectivity index (χ4v) is 2.86. The zero-order chi connectivity index (χ0) is 18.8. The Morgan fingerprint density at radius 3 is 2.64 bits per heavy atom. The smallest absolute Gasteiger partial charge is 0.410 e. The van der Waals surface area contributed by atoms with Crippen molar-refractivity contribution < 1.29 is 19.2 Å². The van der Waals surface area contributed by atoms with E-state index in [2.05, 4.69) is 5.32 Å². The van der Waals surface area contributed by atoms with Crippen LogP contribution in [-0.2, 0) is 9.47 Å². The van der Waals surface area contributed by atoms with Crippen molar-refractivity contribution in [2.45, 2.75) is 38.8 Å². The second-order valence-corrected chi connectivity index (χ2v) is 7.17. The highest BCUT2D eigenvalue weighted by molar-refractivity contribution is 6.30. The number of methoxy groups -OCH3 is 1. The molecule has 0 aromatic carbocycles. The third-order valence-electron chi connectivity index (χ3n) is 3.73. The van der Waals surface area contributed by atoms with E-state index < -0.39 is 16.6 Å². The van der Waals surface area contributed by atoms with Crippen LogP contribution in [0.5, 0.6) is 0 Å². The van der Waals surface area contributed by atoms with Crippen molar-refractivity contribution in [3.05, 3.63) is 44.5 Å². The first-order chi connectivity index (χ1) is 11.6. The van der Waals surface area contributed by atoms with Gasteiger partial charge in [-0.2, -0.15) is 0 Å². The van der Waals surface area contributed by atoms with Crippen LogP contribution in [0.3, 0.4) is 0 Å². The van der Waals surface area contributed by atoms with E-state index >= 15 is 0 Å². The molecule has 2 aliphatic rings. The van der Waals surface area contributed by atoms with Gasteiger partial charge < -0.3 is 19.7 Å². The molecule has 0 bridgehead atoms. The second-order valence-electron chi connectivity index (χ2n) is 6.74. The Hall–Kier alpha value is -2.22. The fourth-order valence-electron chi connectivity index (χ4n) is 2.56. The Morgan fingerprint density at radius 2 is 2.16 bits per heavy atom. The van der Waals surface area contributed by atoms with Crippen LogP contribution in [0.15, 0.2) is 34.3 Å². The highest BCUT2D eigenvalue weighted by atomic mass is 35.5.